The molecule has 2 atom stereocenters. The van der Waals surface area contributed by atoms with Crippen molar-refractivity contribution < 1.29 is 5.11 Å². The molecular weight excluding hydrogens is 258 g/mol. The van der Waals surface area contributed by atoms with Crippen molar-refractivity contribution in [1.82, 2.24) is 4.57 Å². The molecule has 0 saturated carbocycles. The summed E-state index contributed by atoms with van der Waals surface area (Å²) >= 11 is 0. The predicted octanol–water partition coefficient (Wildman–Crippen LogP) is 4.30. The van der Waals surface area contributed by atoms with Crippen LogP contribution in [0.1, 0.15) is 56.2 Å². The molecule has 0 bridgehead atoms. The van der Waals surface area contributed by atoms with Gasteiger partial charge in [0, 0.05) is 23.5 Å². The Morgan fingerprint density at radius 1 is 1.24 bits per heavy atom. The molecule has 0 saturated heterocycles. The van der Waals surface area contributed by atoms with Crippen molar-refractivity contribution in [2.24, 2.45) is 5.41 Å². The summed E-state index contributed by atoms with van der Waals surface area (Å²) in [6.45, 7) is 6.76. The van der Waals surface area contributed by atoms with Crippen LogP contribution in [0.15, 0.2) is 42.6 Å². The molecule has 2 nitrogen and oxygen atoms in total. The van der Waals surface area contributed by atoms with E-state index in [0.717, 1.165) is 24.8 Å². The SMILES string of the molecule is CC(Cc1ccccc1)n1ccc2c1CC(C)(C)CC2O. The van der Waals surface area contributed by atoms with Crippen LogP contribution in [-0.4, -0.2) is 9.67 Å². The fourth-order valence-corrected chi connectivity index (χ4v) is 3.62. The Bertz CT molecular complexity index is 612. The number of aromatic nitrogens is 1. The first-order chi connectivity index (χ1) is 9.96. The highest BCUT2D eigenvalue weighted by molar-refractivity contribution is 5.30. The summed E-state index contributed by atoms with van der Waals surface area (Å²) in [5.74, 6) is 0. The van der Waals surface area contributed by atoms with Gasteiger partial charge >= 0.3 is 0 Å². The normalized spacial score (nSPS) is 21.8. The molecule has 1 aliphatic rings. The molecule has 1 aliphatic carbocycles. The van der Waals surface area contributed by atoms with Crippen molar-refractivity contribution in [2.75, 3.05) is 0 Å². The van der Waals surface area contributed by atoms with Crippen molar-refractivity contribution in [1.29, 1.82) is 0 Å². The Labute approximate surface area is 127 Å². The molecule has 112 valence electrons. The van der Waals surface area contributed by atoms with Crippen molar-refractivity contribution in [3.05, 3.63) is 59.4 Å². The number of benzene rings is 1. The second kappa shape index (κ2) is 5.34. The van der Waals surface area contributed by atoms with Crippen LogP contribution < -0.4 is 0 Å². The molecule has 1 N–H and O–H groups in total. The third-order valence-corrected chi connectivity index (χ3v) is 4.66. The van der Waals surface area contributed by atoms with Gasteiger partial charge in [0.2, 0.25) is 0 Å². The Hall–Kier alpha value is -1.54. The third kappa shape index (κ3) is 2.91. The van der Waals surface area contributed by atoms with Crippen molar-refractivity contribution in [3.8, 4) is 0 Å². The molecule has 3 rings (SSSR count). The highest BCUT2D eigenvalue weighted by Crippen LogP contribution is 2.42. The number of hydrogen-bond donors (Lipinski definition) is 1. The van der Waals surface area contributed by atoms with Gasteiger partial charge in [-0.1, -0.05) is 44.2 Å². The van der Waals surface area contributed by atoms with E-state index in [-0.39, 0.29) is 11.5 Å². The number of fused-ring (bicyclic) bond motifs is 1. The topological polar surface area (TPSA) is 25.2 Å². The molecule has 0 amide bonds. The molecule has 0 fully saturated rings. The van der Waals surface area contributed by atoms with Crippen LogP contribution in [0.5, 0.6) is 0 Å². The van der Waals surface area contributed by atoms with Gasteiger partial charge in [-0.15, -0.1) is 0 Å². The minimum Gasteiger partial charge on any atom is -0.388 e. The van der Waals surface area contributed by atoms with Crippen LogP contribution in [-0.2, 0) is 12.8 Å². The summed E-state index contributed by atoms with van der Waals surface area (Å²) in [6, 6.07) is 13.1. The highest BCUT2D eigenvalue weighted by Gasteiger charge is 2.33. The van der Waals surface area contributed by atoms with E-state index >= 15 is 0 Å². The molecule has 0 aliphatic heterocycles. The predicted molar refractivity (Wildman–Crippen MR) is 86.4 cm³/mol. The zero-order valence-corrected chi connectivity index (χ0v) is 13.2. The second-order valence-corrected chi connectivity index (χ2v) is 7.22. The molecule has 21 heavy (non-hydrogen) atoms. The summed E-state index contributed by atoms with van der Waals surface area (Å²) < 4.78 is 2.37. The molecule has 2 heteroatoms. The lowest BCUT2D eigenvalue weighted by molar-refractivity contribution is 0.0975. The standard InChI is InChI=1S/C19H25NO/c1-14(11-15-7-5-4-6-8-15)20-10-9-16-17(20)12-19(2,3)13-18(16)21/h4-10,14,18,21H,11-13H2,1-3H3. The maximum Gasteiger partial charge on any atom is 0.0812 e. The van der Waals surface area contributed by atoms with Gasteiger partial charge in [0.15, 0.2) is 0 Å². The van der Waals surface area contributed by atoms with Gasteiger partial charge in [-0.3, -0.25) is 0 Å². The molecule has 0 radical (unpaired) electrons. The Morgan fingerprint density at radius 2 is 1.95 bits per heavy atom. The lowest BCUT2D eigenvalue weighted by atomic mass is 9.75. The van der Waals surface area contributed by atoms with Gasteiger partial charge in [-0.25, -0.2) is 0 Å². The lowest BCUT2D eigenvalue weighted by Crippen LogP contribution is -2.27. The number of aliphatic hydroxyl groups excluding tert-OH is 1. The van der Waals surface area contributed by atoms with E-state index in [1.807, 2.05) is 0 Å². The quantitative estimate of drug-likeness (QED) is 0.892. The number of hydrogen-bond acceptors (Lipinski definition) is 1. The van der Waals surface area contributed by atoms with Gasteiger partial charge in [0.1, 0.15) is 0 Å². The maximum atomic E-state index is 10.4. The average Bonchev–Trinajstić information content (AvgIpc) is 2.82. The summed E-state index contributed by atoms with van der Waals surface area (Å²) in [5, 5.41) is 10.4. The van der Waals surface area contributed by atoms with E-state index < -0.39 is 0 Å². The first-order valence-electron chi connectivity index (χ1n) is 7.88. The van der Waals surface area contributed by atoms with Gasteiger partial charge in [-0.2, -0.15) is 0 Å². The van der Waals surface area contributed by atoms with Gasteiger partial charge < -0.3 is 9.67 Å². The first kappa shape index (κ1) is 14.4. The van der Waals surface area contributed by atoms with Crippen molar-refractivity contribution in [3.63, 3.8) is 0 Å². The van der Waals surface area contributed by atoms with Gasteiger partial charge in [-0.05, 0) is 43.2 Å². The van der Waals surface area contributed by atoms with Gasteiger partial charge in [0.25, 0.3) is 0 Å². The second-order valence-electron chi connectivity index (χ2n) is 7.22. The fraction of sp³-hybridized carbons (Fsp3) is 0.474. The molecule has 1 aromatic carbocycles. The molecule has 2 unspecified atom stereocenters. The van der Waals surface area contributed by atoms with Crippen LogP contribution >= 0.6 is 0 Å². The van der Waals surface area contributed by atoms with Crippen molar-refractivity contribution in [2.45, 2.75) is 52.2 Å². The van der Waals surface area contributed by atoms with E-state index in [4.69, 9.17) is 0 Å². The van der Waals surface area contributed by atoms with E-state index in [1.165, 1.54) is 11.3 Å². The lowest BCUT2D eigenvalue weighted by Gasteiger charge is -2.34. The summed E-state index contributed by atoms with van der Waals surface area (Å²) in [4.78, 5) is 0. The van der Waals surface area contributed by atoms with Crippen LogP contribution in [0.3, 0.4) is 0 Å². The molecule has 1 aromatic heterocycles. The van der Waals surface area contributed by atoms with E-state index in [9.17, 15) is 5.11 Å². The average molecular weight is 283 g/mol. The summed E-state index contributed by atoms with van der Waals surface area (Å²) in [7, 11) is 0. The Balaban J connectivity index is 1.87. The Morgan fingerprint density at radius 3 is 2.67 bits per heavy atom. The van der Waals surface area contributed by atoms with E-state index in [2.05, 4.69) is 67.9 Å². The number of rotatable bonds is 3. The van der Waals surface area contributed by atoms with Crippen LogP contribution in [0.25, 0.3) is 0 Å². The third-order valence-electron chi connectivity index (χ3n) is 4.66. The highest BCUT2D eigenvalue weighted by atomic mass is 16.3. The van der Waals surface area contributed by atoms with Gasteiger partial charge in [0.05, 0.1) is 6.10 Å². The van der Waals surface area contributed by atoms with E-state index in [1.54, 1.807) is 0 Å². The largest absolute Gasteiger partial charge is 0.388 e. The van der Waals surface area contributed by atoms with Crippen LogP contribution in [0.4, 0.5) is 0 Å². The minimum atomic E-state index is -0.311. The number of aliphatic hydroxyl groups is 1. The fourth-order valence-electron chi connectivity index (χ4n) is 3.62. The molecular formula is C19H25NO. The smallest absolute Gasteiger partial charge is 0.0812 e. The monoisotopic (exact) mass is 283 g/mol. The minimum absolute atomic E-state index is 0.176. The summed E-state index contributed by atoms with van der Waals surface area (Å²) in [5.41, 5.74) is 3.99. The van der Waals surface area contributed by atoms with Crippen molar-refractivity contribution >= 4 is 0 Å². The van der Waals surface area contributed by atoms with E-state index in [0.29, 0.717) is 6.04 Å². The zero-order valence-electron chi connectivity index (χ0n) is 13.2. The summed E-state index contributed by atoms with van der Waals surface area (Å²) in [6.07, 6.45) is 4.78. The first-order valence-corrected chi connectivity index (χ1v) is 7.88. The molecule has 1 heterocycles. The van der Waals surface area contributed by atoms with Crippen LogP contribution in [0.2, 0.25) is 0 Å². The number of nitrogens with zero attached hydrogens (tertiary/aromatic N) is 1. The van der Waals surface area contributed by atoms with Crippen LogP contribution in [0, 0.1) is 5.41 Å². The molecule has 0 spiro atoms. The Kier molecular flexibility index (Phi) is 3.66. The molecule has 2 aromatic rings. The zero-order chi connectivity index (χ0) is 15.0. The maximum absolute atomic E-state index is 10.4.